The third-order valence-corrected chi connectivity index (χ3v) is 3.05. The fourth-order valence-electron chi connectivity index (χ4n) is 1.95. The Morgan fingerprint density at radius 2 is 1.62 bits per heavy atom. The van der Waals surface area contributed by atoms with Gasteiger partial charge in [-0.25, -0.2) is 14.4 Å². The molecular weight excluding hydrogens is 267 g/mol. The second kappa shape index (κ2) is 5.75. The Labute approximate surface area is 121 Å². The van der Waals surface area contributed by atoms with Gasteiger partial charge < -0.3 is 0 Å². The molecule has 0 fully saturated rings. The van der Waals surface area contributed by atoms with E-state index in [0.717, 1.165) is 22.3 Å². The van der Waals surface area contributed by atoms with Crippen LogP contribution in [0.1, 0.15) is 11.3 Å². The van der Waals surface area contributed by atoms with Gasteiger partial charge in [-0.2, -0.15) is 5.11 Å². The molecular formula is C16H13FN4. The third kappa shape index (κ3) is 3.08. The number of fused-ring (bicyclic) bond motifs is 1. The number of halogens is 1. The Morgan fingerprint density at radius 3 is 2.33 bits per heavy atom. The van der Waals surface area contributed by atoms with E-state index in [0.29, 0.717) is 12.4 Å². The van der Waals surface area contributed by atoms with Gasteiger partial charge in [0, 0.05) is 0 Å². The summed E-state index contributed by atoms with van der Waals surface area (Å²) in [6.07, 6.45) is 0. The van der Waals surface area contributed by atoms with Gasteiger partial charge in [0.1, 0.15) is 5.82 Å². The van der Waals surface area contributed by atoms with Crippen LogP contribution in [0.5, 0.6) is 0 Å². The molecule has 5 heteroatoms. The summed E-state index contributed by atoms with van der Waals surface area (Å²) < 4.78 is 12.8. The van der Waals surface area contributed by atoms with Gasteiger partial charge in [0.05, 0.1) is 23.3 Å². The highest BCUT2D eigenvalue weighted by Crippen LogP contribution is 2.19. The van der Waals surface area contributed by atoms with Crippen molar-refractivity contribution in [3.8, 4) is 0 Å². The number of aryl methyl sites for hydroxylation is 1. The lowest BCUT2D eigenvalue weighted by Crippen LogP contribution is -1.89. The zero-order chi connectivity index (χ0) is 14.7. The molecule has 104 valence electrons. The summed E-state index contributed by atoms with van der Waals surface area (Å²) in [7, 11) is 0. The van der Waals surface area contributed by atoms with Gasteiger partial charge in [-0.3, -0.25) is 0 Å². The monoisotopic (exact) mass is 280 g/mol. The fraction of sp³-hybridized carbons (Fsp3) is 0.125. The molecule has 3 rings (SSSR count). The van der Waals surface area contributed by atoms with Gasteiger partial charge in [0.15, 0.2) is 5.82 Å². The molecule has 3 aromatic rings. The molecule has 0 amide bonds. The van der Waals surface area contributed by atoms with Crippen molar-refractivity contribution in [1.82, 2.24) is 9.97 Å². The van der Waals surface area contributed by atoms with Crippen LogP contribution in [0.25, 0.3) is 11.0 Å². The van der Waals surface area contributed by atoms with Gasteiger partial charge in [-0.1, -0.05) is 24.3 Å². The third-order valence-electron chi connectivity index (χ3n) is 3.05. The molecule has 0 atom stereocenters. The van der Waals surface area contributed by atoms with E-state index in [1.165, 1.54) is 12.1 Å². The van der Waals surface area contributed by atoms with E-state index in [4.69, 9.17) is 0 Å². The molecule has 0 spiro atoms. The minimum absolute atomic E-state index is 0.257. The Morgan fingerprint density at radius 1 is 0.952 bits per heavy atom. The van der Waals surface area contributed by atoms with Gasteiger partial charge in [0.25, 0.3) is 0 Å². The van der Waals surface area contributed by atoms with Crippen molar-refractivity contribution in [2.45, 2.75) is 13.5 Å². The first-order valence-electron chi connectivity index (χ1n) is 6.58. The highest BCUT2D eigenvalue weighted by molar-refractivity contribution is 5.75. The van der Waals surface area contributed by atoms with E-state index >= 15 is 0 Å². The number of nitrogens with zero attached hydrogens (tertiary/aromatic N) is 4. The molecule has 0 saturated carbocycles. The first-order chi connectivity index (χ1) is 10.2. The van der Waals surface area contributed by atoms with E-state index in [2.05, 4.69) is 20.2 Å². The van der Waals surface area contributed by atoms with E-state index in [9.17, 15) is 4.39 Å². The summed E-state index contributed by atoms with van der Waals surface area (Å²) in [5.41, 5.74) is 3.26. The van der Waals surface area contributed by atoms with Crippen molar-refractivity contribution in [1.29, 1.82) is 0 Å². The van der Waals surface area contributed by atoms with E-state index in [-0.39, 0.29) is 5.82 Å². The summed E-state index contributed by atoms with van der Waals surface area (Å²) in [4.78, 5) is 8.88. The van der Waals surface area contributed by atoms with Crippen molar-refractivity contribution >= 4 is 16.9 Å². The summed E-state index contributed by atoms with van der Waals surface area (Å²) in [5, 5.41) is 8.24. The predicted molar refractivity (Wildman–Crippen MR) is 78.9 cm³/mol. The molecule has 1 aromatic heterocycles. The summed E-state index contributed by atoms with van der Waals surface area (Å²) in [5.74, 6) is 0.253. The lowest BCUT2D eigenvalue weighted by atomic mass is 10.2. The quantitative estimate of drug-likeness (QED) is 0.669. The van der Waals surface area contributed by atoms with Gasteiger partial charge in [-0.15, -0.1) is 5.11 Å². The van der Waals surface area contributed by atoms with Crippen LogP contribution in [-0.4, -0.2) is 9.97 Å². The molecule has 4 nitrogen and oxygen atoms in total. The Hall–Kier alpha value is -2.69. The van der Waals surface area contributed by atoms with Crippen molar-refractivity contribution in [3.63, 3.8) is 0 Å². The minimum Gasteiger partial charge on any atom is -0.247 e. The van der Waals surface area contributed by atoms with E-state index in [1.54, 1.807) is 12.1 Å². The highest BCUT2D eigenvalue weighted by Gasteiger charge is 2.03. The molecule has 21 heavy (non-hydrogen) atoms. The topological polar surface area (TPSA) is 50.5 Å². The molecule has 0 unspecified atom stereocenters. The van der Waals surface area contributed by atoms with Crippen LogP contribution >= 0.6 is 0 Å². The Bertz CT molecular complexity index is 797. The second-order valence-corrected chi connectivity index (χ2v) is 4.65. The van der Waals surface area contributed by atoms with Crippen LogP contribution in [0.15, 0.2) is 58.8 Å². The molecule has 0 saturated heterocycles. The summed E-state index contributed by atoms with van der Waals surface area (Å²) in [6, 6.07) is 13.8. The van der Waals surface area contributed by atoms with E-state index in [1.807, 2.05) is 31.2 Å². The first-order valence-corrected chi connectivity index (χ1v) is 6.58. The number of aromatic nitrogens is 2. The SMILES string of the molecule is Cc1nc2ccccc2nc1N=NCc1ccc(F)cc1. The number of rotatable bonds is 3. The Kier molecular flexibility index (Phi) is 3.64. The number of azo groups is 1. The molecule has 0 aliphatic rings. The average molecular weight is 280 g/mol. The first kappa shape index (κ1) is 13.3. The van der Waals surface area contributed by atoms with Crippen LogP contribution in [0.3, 0.4) is 0 Å². The summed E-state index contributed by atoms with van der Waals surface area (Å²) in [6.45, 7) is 2.24. The van der Waals surface area contributed by atoms with Gasteiger partial charge >= 0.3 is 0 Å². The molecule has 0 bridgehead atoms. The average Bonchev–Trinajstić information content (AvgIpc) is 2.50. The highest BCUT2D eigenvalue weighted by atomic mass is 19.1. The Balaban J connectivity index is 1.82. The van der Waals surface area contributed by atoms with Crippen molar-refractivity contribution < 1.29 is 4.39 Å². The van der Waals surface area contributed by atoms with Crippen LogP contribution in [-0.2, 0) is 6.54 Å². The lowest BCUT2D eigenvalue weighted by Gasteiger charge is -2.01. The molecule has 0 radical (unpaired) electrons. The van der Waals surface area contributed by atoms with Gasteiger partial charge in [-0.05, 0) is 36.8 Å². The van der Waals surface area contributed by atoms with Gasteiger partial charge in [0.2, 0.25) is 0 Å². The normalized spacial score (nSPS) is 11.3. The fourth-order valence-corrected chi connectivity index (χ4v) is 1.95. The van der Waals surface area contributed by atoms with E-state index < -0.39 is 0 Å². The van der Waals surface area contributed by atoms with Crippen molar-refractivity contribution in [3.05, 3.63) is 65.6 Å². The molecule has 0 N–H and O–H groups in total. The molecule has 2 aromatic carbocycles. The van der Waals surface area contributed by atoms with Crippen LogP contribution in [0.4, 0.5) is 10.2 Å². The summed E-state index contributed by atoms with van der Waals surface area (Å²) >= 11 is 0. The molecule has 0 aliphatic carbocycles. The zero-order valence-corrected chi connectivity index (χ0v) is 11.5. The maximum absolute atomic E-state index is 12.8. The zero-order valence-electron chi connectivity index (χ0n) is 11.5. The largest absolute Gasteiger partial charge is 0.247 e. The number of hydrogen-bond acceptors (Lipinski definition) is 4. The number of benzene rings is 2. The van der Waals surface area contributed by atoms with Crippen LogP contribution in [0.2, 0.25) is 0 Å². The lowest BCUT2D eigenvalue weighted by molar-refractivity contribution is 0.627. The van der Waals surface area contributed by atoms with Crippen LogP contribution in [0, 0.1) is 12.7 Å². The minimum atomic E-state index is -0.257. The predicted octanol–water partition coefficient (Wildman–Crippen LogP) is 4.36. The maximum atomic E-state index is 12.8. The van der Waals surface area contributed by atoms with Crippen molar-refractivity contribution in [2.75, 3.05) is 0 Å². The number of para-hydroxylation sites is 2. The number of hydrogen-bond donors (Lipinski definition) is 0. The molecule has 0 aliphatic heterocycles. The smallest absolute Gasteiger partial charge is 0.196 e. The second-order valence-electron chi connectivity index (χ2n) is 4.65. The van der Waals surface area contributed by atoms with Crippen LogP contribution < -0.4 is 0 Å². The maximum Gasteiger partial charge on any atom is 0.196 e. The van der Waals surface area contributed by atoms with Crippen molar-refractivity contribution in [2.24, 2.45) is 10.2 Å². The molecule has 1 heterocycles. The standard InChI is InChI=1S/C16H13FN4/c1-11-16(20-15-5-3-2-4-14(15)19-11)21-18-10-12-6-8-13(17)9-7-12/h2-9H,10H2,1H3.